The van der Waals surface area contributed by atoms with Gasteiger partial charge in [-0.05, 0) is 60.6 Å². The van der Waals surface area contributed by atoms with E-state index >= 15 is 0 Å². The summed E-state index contributed by atoms with van der Waals surface area (Å²) in [5, 5.41) is 29.4. The van der Waals surface area contributed by atoms with Crippen LogP contribution in [0.15, 0.2) is 107 Å². The molecule has 0 saturated heterocycles. The number of hydrogen-bond donors (Lipinski definition) is 2. The number of sulfonamides is 1. The number of nitrogens with zero attached hydrogens (tertiary/aromatic N) is 7. The number of aromatic hydroxyl groups is 1. The van der Waals surface area contributed by atoms with Crippen molar-refractivity contribution in [1.29, 1.82) is 0 Å². The van der Waals surface area contributed by atoms with Crippen molar-refractivity contribution in [3.05, 3.63) is 81.6 Å². The number of amides is 1. The number of fused-ring (bicyclic) bond motifs is 1. The summed E-state index contributed by atoms with van der Waals surface area (Å²) in [5.74, 6) is 5.42. The van der Waals surface area contributed by atoms with E-state index in [0.717, 1.165) is 11.1 Å². The highest BCUT2D eigenvalue weighted by molar-refractivity contribution is 7.90. The summed E-state index contributed by atoms with van der Waals surface area (Å²) >= 11 is 0. The largest absolute Gasteiger partial charge is 0.505 e. The van der Waals surface area contributed by atoms with Crippen molar-refractivity contribution >= 4 is 57.0 Å². The van der Waals surface area contributed by atoms with Gasteiger partial charge in [-0.1, -0.05) is 19.1 Å². The fourth-order valence-corrected chi connectivity index (χ4v) is 5.96. The number of hydrogen-bond acceptors (Lipinski definition) is 14. The third-order valence-electron chi connectivity index (χ3n) is 6.91. The maximum atomic E-state index is 12.7. The molecule has 0 heterocycles. The van der Waals surface area contributed by atoms with Gasteiger partial charge >= 0.3 is 10.0 Å². The van der Waals surface area contributed by atoms with Gasteiger partial charge in [-0.3, -0.25) is 9.36 Å². The molecule has 2 unspecified atom stereocenters. The number of hydrazine groups is 1. The van der Waals surface area contributed by atoms with Crippen LogP contribution < -0.4 is 16.2 Å². The number of rotatable bonds is 14. The van der Waals surface area contributed by atoms with Crippen LogP contribution in [0.4, 0.5) is 17.1 Å². The Morgan fingerprint density at radius 2 is 1.79 bits per heavy atom. The van der Waals surface area contributed by atoms with Crippen molar-refractivity contribution in [1.82, 2.24) is 0 Å². The predicted molar refractivity (Wildman–Crippen MR) is 177 cm³/mol. The molecule has 0 saturated carbocycles. The van der Waals surface area contributed by atoms with Crippen molar-refractivity contribution in [3.8, 4) is 5.75 Å². The monoisotopic (exact) mass is 698 g/mol. The highest BCUT2D eigenvalue weighted by Crippen LogP contribution is 2.43. The van der Waals surface area contributed by atoms with Gasteiger partial charge in [0.15, 0.2) is 5.75 Å². The molecule has 1 aliphatic carbocycles. The first-order valence-corrected chi connectivity index (χ1v) is 17.2. The Morgan fingerprint density at radius 1 is 1.04 bits per heavy atom. The summed E-state index contributed by atoms with van der Waals surface area (Å²) in [6.07, 6.45) is 1.63. The zero-order valence-corrected chi connectivity index (χ0v) is 27.7. The van der Waals surface area contributed by atoms with Crippen LogP contribution in [0.1, 0.15) is 33.6 Å². The average Bonchev–Trinajstić information content (AvgIpc) is 3.10. The summed E-state index contributed by atoms with van der Waals surface area (Å²) in [6, 6.07) is 10.5. The van der Waals surface area contributed by atoms with Gasteiger partial charge in [-0.15, -0.1) is 20.0 Å². The van der Waals surface area contributed by atoms with Crippen molar-refractivity contribution < 1.29 is 32.4 Å². The van der Waals surface area contributed by atoms with Crippen LogP contribution in [0, 0.1) is 9.81 Å². The number of carbonyl (C=O) groups excluding carboxylic acids is 1. The molecule has 0 aromatic heterocycles. The van der Waals surface area contributed by atoms with Crippen LogP contribution in [0.2, 0.25) is 0 Å². The second kappa shape index (κ2) is 15.6. The molecule has 0 bridgehead atoms. The summed E-state index contributed by atoms with van der Waals surface area (Å²) in [4.78, 5) is 36.1. The van der Waals surface area contributed by atoms with Crippen molar-refractivity contribution in [3.63, 3.8) is 0 Å². The van der Waals surface area contributed by atoms with E-state index in [2.05, 4.69) is 30.0 Å². The number of ether oxygens (including phenoxy) is 2. The average molecular weight is 699 g/mol. The standard InChI is InChI=1S/C29H31N8O9PS/c1-4-27(38)37(30)19-11-10-17-12-26(48(43,44)36-41)28(29(39)21(17)14-19)34-33-23-16-24(45-5-2)22(15-25(23)46-6-3)32-31-18-8-7-9-20(13-18)47(42)35-40/h7-15,23,39,47H,4-6,16,30H2,1-3H3/b32-31+,34-33+. The molecule has 4 rings (SSSR count). The number of nitrogens with two attached hydrogens (primary N) is 1. The van der Waals surface area contributed by atoms with Gasteiger partial charge in [0, 0.05) is 29.6 Å². The molecule has 252 valence electrons. The van der Waals surface area contributed by atoms with E-state index in [1.54, 1.807) is 32.9 Å². The summed E-state index contributed by atoms with van der Waals surface area (Å²) in [6.45, 7) is 5.53. The maximum absolute atomic E-state index is 12.7. The van der Waals surface area contributed by atoms with E-state index in [1.807, 2.05) is 0 Å². The van der Waals surface area contributed by atoms with Gasteiger partial charge in [0.25, 0.3) is 0 Å². The quantitative estimate of drug-likeness (QED) is 0.0475. The smallest absolute Gasteiger partial charge is 0.319 e. The highest BCUT2D eigenvalue weighted by Gasteiger charge is 2.29. The molecule has 19 heteroatoms. The molecule has 1 amide bonds. The number of benzene rings is 3. The molecular weight excluding hydrogens is 667 g/mol. The van der Waals surface area contributed by atoms with Crippen LogP contribution in [0.5, 0.6) is 5.75 Å². The van der Waals surface area contributed by atoms with E-state index < -0.39 is 46.3 Å². The SMILES string of the molecule is CCOC1=CC(/N=N/c2cccc([PH](=O)N=O)c2)=C(OCC)CC1/N=N/c1c(S(=O)(=O)N=O)cc2ccc(N(N)C(=O)CC)cc2c1O. The lowest BCUT2D eigenvalue weighted by Gasteiger charge is -2.23. The van der Waals surface area contributed by atoms with Crippen LogP contribution >= 0.6 is 7.95 Å². The molecule has 48 heavy (non-hydrogen) atoms. The van der Waals surface area contributed by atoms with Gasteiger partial charge < -0.3 is 14.6 Å². The van der Waals surface area contributed by atoms with E-state index in [0.29, 0.717) is 11.4 Å². The van der Waals surface area contributed by atoms with Crippen molar-refractivity contribution in [2.75, 3.05) is 18.2 Å². The molecule has 0 spiro atoms. The minimum absolute atomic E-state index is 0.0219. The fourth-order valence-electron chi connectivity index (χ4n) is 4.61. The fraction of sp³-hybridized carbons (Fsp3) is 0.276. The lowest BCUT2D eigenvalue weighted by Crippen LogP contribution is -2.36. The minimum Gasteiger partial charge on any atom is -0.505 e. The van der Waals surface area contributed by atoms with Gasteiger partial charge in [-0.2, -0.15) is 18.6 Å². The van der Waals surface area contributed by atoms with E-state index in [9.17, 15) is 32.7 Å². The van der Waals surface area contributed by atoms with Gasteiger partial charge in [0.2, 0.25) is 13.9 Å². The molecule has 3 aromatic rings. The third kappa shape index (κ3) is 7.84. The van der Waals surface area contributed by atoms with Gasteiger partial charge in [0.1, 0.15) is 33.8 Å². The normalized spacial score (nSPS) is 15.8. The van der Waals surface area contributed by atoms with Crippen LogP contribution in [0.25, 0.3) is 10.8 Å². The molecule has 2 atom stereocenters. The predicted octanol–water partition coefficient (Wildman–Crippen LogP) is 6.29. The molecule has 1 aliphatic rings. The van der Waals surface area contributed by atoms with Crippen molar-refractivity contribution in [2.45, 2.75) is 44.6 Å². The Kier molecular flexibility index (Phi) is 11.6. The first-order valence-electron chi connectivity index (χ1n) is 14.5. The van der Waals surface area contributed by atoms with Crippen LogP contribution in [0.3, 0.4) is 0 Å². The topological polar surface area (TPSA) is 245 Å². The highest BCUT2D eigenvalue weighted by atomic mass is 32.2. The lowest BCUT2D eigenvalue weighted by molar-refractivity contribution is -0.118. The first kappa shape index (κ1) is 35.7. The number of phenolic OH excluding ortho intramolecular Hbond substituents is 1. The Labute approximate surface area is 275 Å². The Morgan fingerprint density at radius 3 is 2.46 bits per heavy atom. The van der Waals surface area contributed by atoms with Gasteiger partial charge in [0.05, 0.1) is 29.2 Å². The zero-order valence-electron chi connectivity index (χ0n) is 25.9. The molecule has 17 nitrogen and oxygen atoms in total. The Hall–Kier alpha value is -5.19. The summed E-state index contributed by atoms with van der Waals surface area (Å²) < 4.78 is 51.1. The van der Waals surface area contributed by atoms with E-state index in [4.69, 9.17) is 15.3 Å². The third-order valence-corrected chi connectivity index (χ3v) is 8.94. The number of allylic oxidation sites excluding steroid dienone is 1. The zero-order chi connectivity index (χ0) is 35.0. The molecule has 0 aliphatic heterocycles. The molecule has 3 aromatic carbocycles. The molecular formula is C29H31N8O9PS. The first-order chi connectivity index (χ1) is 23.0. The van der Waals surface area contributed by atoms with Crippen LogP contribution in [-0.4, -0.2) is 38.7 Å². The minimum atomic E-state index is -4.82. The second-order valence-corrected chi connectivity index (χ2v) is 12.9. The summed E-state index contributed by atoms with van der Waals surface area (Å²) in [5.41, 5.74) is 0.202. The molecule has 0 fully saturated rings. The number of anilines is 1. The lowest BCUT2D eigenvalue weighted by atomic mass is 10.0. The summed E-state index contributed by atoms with van der Waals surface area (Å²) in [7, 11) is -7.67. The second-order valence-electron chi connectivity index (χ2n) is 9.95. The van der Waals surface area contributed by atoms with E-state index in [1.165, 1.54) is 36.4 Å². The van der Waals surface area contributed by atoms with Crippen LogP contribution in [-0.2, 0) is 28.9 Å². The Bertz CT molecular complexity index is 2010. The number of carbonyl (C=O) groups is 1. The van der Waals surface area contributed by atoms with Gasteiger partial charge in [-0.25, -0.2) is 10.9 Å². The Balaban J connectivity index is 1.78. The van der Waals surface area contributed by atoms with E-state index in [-0.39, 0.29) is 59.3 Å². The molecule has 0 radical (unpaired) electrons. The molecule has 3 N–H and O–H groups in total. The number of azo groups is 2. The van der Waals surface area contributed by atoms with Crippen molar-refractivity contribution in [2.24, 2.45) is 35.8 Å². The maximum Gasteiger partial charge on any atom is 0.319 e. The number of nitroso groups, excluding NO2 is 2. The number of phenols is 1.